The van der Waals surface area contributed by atoms with Crippen molar-refractivity contribution in [3.8, 4) is 27.9 Å². The molecule has 0 amide bonds. The summed E-state index contributed by atoms with van der Waals surface area (Å²) in [6.07, 6.45) is 0. The SMILES string of the molecule is c1ccc(-n2c3ccccc3c3ccccc32)c(-c2ccc(-c3ccc4c5ccccc5c5ccccc5c4c3)cc2)c1. The fourth-order valence-corrected chi connectivity index (χ4v) is 7.02. The molecule has 0 unspecified atom stereocenters. The third-order valence-electron chi connectivity index (χ3n) is 9.00. The van der Waals surface area contributed by atoms with Crippen LogP contribution in [0.25, 0.3) is 82.1 Å². The van der Waals surface area contributed by atoms with E-state index in [4.69, 9.17) is 0 Å². The zero-order valence-electron chi connectivity index (χ0n) is 23.5. The van der Waals surface area contributed by atoms with Crippen LogP contribution in [0.5, 0.6) is 0 Å². The van der Waals surface area contributed by atoms with Gasteiger partial charge in [0.05, 0.1) is 16.7 Å². The van der Waals surface area contributed by atoms with Crippen LogP contribution in [0.4, 0.5) is 0 Å². The zero-order valence-corrected chi connectivity index (χ0v) is 23.5. The molecule has 9 rings (SSSR count). The average Bonchev–Trinajstić information content (AvgIpc) is 3.42. The molecule has 0 radical (unpaired) electrons. The summed E-state index contributed by atoms with van der Waals surface area (Å²) in [7, 11) is 0. The summed E-state index contributed by atoms with van der Waals surface area (Å²) in [5.41, 5.74) is 8.52. The van der Waals surface area contributed by atoms with Gasteiger partial charge in [0, 0.05) is 16.3 Å². The molecule has 0 fully saturated rings. The van der Waals surface area contributed by atoms with E-state index in [0.29, 0.717) is 0 Å². The van der Waals surface area contributed by atoms with Gasteiger partial charge >= 0.3 is 0 Å². The molecule has 1 nitrogen and oxygen atoms in total. The minimum absolute atomic E-state index is 1.19. The highest BCUT2D eigenvalue weighted by Gasteiger charge is 2.15. The Hall–Kier alpha value is -5.66. The first-order valence-corrected chi connectivity index (χ1v) is 14.9. The lowest BCUT2D eigenvalue weighted by atomic mass is 9.91. The van der Waals surface area contributed by atoms with Crippen LogP contribution in [-0.4, -0.2) is 4.57 Å². The van der Waals surface area contributed by atoms with Crippen molar-refractivity contribution in [1.82, 2.24) is 4.57 Å². The van der Waals surface area contributed by atoms with Crippen molar-refractivity contribution in [1.29, 1.82) is 0 Å². The molecule has 0 saturated heterocycles. The van der Waals surface area contributed by atoms with Gasteiger partial charge in [0.25, 0.3) is 0 Å². The van der Waals surface area contributed by atoms with Gasteiger partial charge in [-0.15, -0.1) is 0 Å². The van der Waals surface area contributed by atoms with Crippen molar-refractivity contribution in [2.75, 3.05) is 0 Å². The van der Waals surface area contributed by atoms with Crippen LogP contribution in [0.1, 0.15) is 0 Å². The smallest absolute Gasteiger partial charge is 0.0541 e. The van der Waals surface area contributed by atoms with E-state index in [2.05, 4.69) is 168 Å². The molecule has 9 aromatic rings. The number of aromatic nitrogens is 1. The van der Waals surface area contributed by atoms with Gasteiger partial charge in [-0.2, -0.15) is 0 Å². The fourth-order valence-electron chi connectivity index (χ4n) is 7.02. The normalized spacial score (nSPS) is 11.7. The molecule has 0 aliphatic carbocycles. The molecular weight excluding hydrogens is 518 g/mol. The maximum Gasteiger partial charge on any atom is 0.0541 e. The predicted molar refractivity (Wildman–Crippen MR) is 184 cm³/mol. The van der Waals surface area contributed by atoms with Crippen LogP contribution in [-0.2, 0) is 0 Å². The largest absolute Gasteiger partial charge is 0.309 e. The molecule has 0 atom stereocenters. The number of para-hydroxylation sites is 3. The van der Waals surface area contributed by atoms with E-state index in [-0.39, 0.29) is 0 Å². The lowest BCUT2D eigenvalue weighted by molar-refractivity contribution is 1.18. The molecule has 8 aromatic carbocycles. The maximum absolute atomic E-state index is 2.41. The summed E-state index contributed by atoms with van der Waals surface area (Å²) in [5.74, 6) is 0. The van der Waals surface area contributed by atoms with Crippen LogP contribution in [0.3, 0.4) is 0 Å². The van der Waals surface area contributed by atoms with Crippen molar-refractivity contribution in [2.45, 2.75) is 0 Å². The van der Waals surface area contributed by atoms with Gasteiger partial charge in [0.15, 0.2) is 0 Å². The van der Waals surface area contributed by atoms with Crippen LogP contribution >= 0.6 is 0 Å². The third-order valence-corrected chi connectivity index (χ3v) is 9.00. The lowest BCUT2D eigenvalue weighted by Crippen LogP contribution is -1.96. The summed E-state index contributed by atoms with van der Waals surface area (Å²) in [6, 6.07) is 59.7. The van der Waals surface area contributed by atoms with Gasteiger partial charge in [0.2, 0.25) is 0 Å². The van der Waals surface area contributed by atoms with Crippen LogP contribution in [0.2, 0.25) is 0 Å². The van der Waals surface area contributed by atoms with E-state index in [0.717, 1.165) is 0 Å². The van der Waals surface area contributed by atoms with Gasteiger partial charge in [-0.25, -0.2) is 0 Å². The van der Waals surface area contributed by atoms with Crippen molar-refractivity contribution in [3.63, 3.8) is 0 Å². The van der Waals surface area contributed by atoms with Crippen molar-refractivity contribution in [2.24, 2.45) is 0 Å². The third kappa shape index (κ3) is 3.65. The van der Waals surface area contributed by atoms with E-state index < -0.39 is 0 Å². The summed E-state index contributed by atoms with van der Waals surface area (Å²) < 4.78 is 2.41. The topological polar surface area (TPSA) is 4.93 Å². The van der Waals surface area contributed by atoms with Gasteiger partial charge < -0.3 is 4.57 Å². The number of benzene rings is 8. The Labute approximate surface area is 249 Å². The minimum Gasteiger partial charge on any atom is -0.309 e. The zero-order chi connectivity index (χ0) is 28.3. The van der Waals surface area contributed by atoms with E-state index in [1.54, 1.807) is 0 Å². The molecule has 0 N–H and O–H groups in total. The highest BCUT2D eigenvalue weighted by Crippen LogP contribution is 2.39. The standard InChI is InChI=1S/C42H27N/c1-2-14-34-32(12-1)33-13-3-4-15-35(33)39-27-30(25-26-36(34)39)28-21-23-29(24-22-28)31-11-5-8-18-40(31)43-41-19-9-6-16-37(41)38-17-7-10-20-42(38)43/h1-27H. The fraction of sp³-hybridized carbons (Fsp3) is 0. The first kappa shape index (κ1) is 24.0. The summed E-state index contributed by atoms with van der Waals surface area (Å²) in [6.45, 7) is 0. The quantitative estimate of drug-likeness (QED) is 0.195. The van der Waals surface area contributed by atoms with Gasteiger partial charge in [0.1, 0.15) is 0 Å². The predicted octanol–water partition coefficient (Wildman–Crippen LogP) is 11.6. The molecule has 1 heterocycles. The maximum atomic E-state index is 2.41. The molecular formula is C42H27N. The Balaban J connectivity index is 1.18. The van der Waals surface area contributed by atoms with Gasteiger partial charge in [-0.1, -0.05) is 140 Å². The van der Waals surface area contributed by atoms with E-state index in [1.165, 1.54) is 82.1 Å². The molecule has 0 aliphatic heterocycles. The molecule has 1 heteroatoms. The van der Waals surface area contributed by atoms with Crippen LogP contribution in [0, 0.1) is 0 Å². The minimum atomic E-state index is 1.19. The van der Waals surface area contributed by atoms with E-state index in [9.17, 15) is 0 Å². The van der Waals surface area contributed by atoms with E-state index in [1.807, 2.05) is 0 Å². The van der Waals surface area contributed by atoms with Crippen molar-refractivity contribution in [3.05, 3.63) is 164 Å². The highest BCUT2D eigenvalue weighted by atomic mass is 15.0. The summed E-state index contributed by atoms with van der Waals surface area (Å²) >= 11 is 0. The van der Waals surface area contributed by atoms with Crippen LogP contribution in [0.15, 0.2) is 164 Å². The number of hydrogen-bond acceptors (Lipinski definition) is 0. The summed E-state index contributed by atoms with van der Waals surface area (Å²) in [5, 5.41) is 10.4. The second kappa shape index (κ2) is 9.44. The average molecular weight is 546 g/mol. The van der Waals surface area contributed by atoms with Gasteiger partial charge in [-0.3, -0.25) is 0 Å². The lowest BCUT2D eigenvalue weighted by Gasteiger charge is -2.15. The highest BCUT2D eigenvalue weighted by molar-refractivity contribution is 6.25. The number of rotatable bonds is 3. The van der Waals surface area contributed by atoms with Gasteiger partial charge in [-0.05, 0) is 73.3 Å². The molecule has 0 bridgehead atoms. The monoisotopic (exact) mass is 545 g/mol. The van der Waals surface area contributed by atoms with Crippen LogP contribution < -0.4 is 0 Å². The Bertz CT molecular complexity index is 2410. The second-order valence-corrected chi connectivity index (χ2v) is 11.3. The molecule has 200 valence electrons. The van der Waals surface area contributed by atoms with Crippen molar-refractivity contribution < 1.29 is 0 Å². The second-order valence-electron chi connectivity index (χ2n) is 11.3. The Morgan fingerprint density at radius 1 is 0.279 bits per heavy atom. The summed E-state index contributed by atoms with van der Waals surface area (Å²) in [4.78, 5) is 0. The molecule has 0 aliphatic rings. The first-order chi connectivity index (χ1) is 21.3. The first-order valence-electron chi connectivity index (χ1n) is 14.9. The Kier molecular flexibility index (Phi) is 5.27. The molecule has 43 heavy (non-hydrogen) atoms. The molecule has 0 spiro atoms. The van der Waals surface area contributed by atoms with E-state index >= 15 is 0 Å². The Morgan fingerprint density at radius 3 is 1.30 bits per heavy atom. The number of hydrogen-bond donors (Lipinski definition) is 0. The Morgan fingerprint density at radius 2 is 0.698 bits per heavy atom. The number of fused-ring (bicyclic) bond motifs is 9. The number of nitrogens with zero attached hydrogens (tertiary/aromatic N) is 1. The van der Waals surface area contributed by atoms with Crippen molar-refractivity contribution >= 4 is 54.1 Å². The molecule has 1 aromatic heterocycles. The molecule has 0 saturated carbocycles.